The largest absolute Gasteiger partial charge is 0.494 e. The summed E-state index contributed by atoms with van der Waals surface area (Å²) in [6.07, 6.45) is 7.36. The van der Waals surface area contributed by atoms with Crippen LogP contribution in [0.3, 0.4) is 0 Å². The highest BCUT2D eigenvalue weighted by Gasteiger charge is 2.07. The van der Waals surface area contributed by atoms with Gasteiger partial charge in [-0.1, -0.05) is 19.3 Å². The molecule has 1 fully saturated rings. The van der Waals surface area contributed by atoms with Crippen LogP contribution in [-0.4, -0.2) is 14.0 Å². The fourth-order valence-corrected chi connectivity index (χ4v) is 1.10. The molecule has 1 N–H and O–H groups in total. The minimum Gasteiger partial charge on any atom is -0.494 e. The Labute approximate surface area is 52.3 Å². The van der Waals surface area contributed by atoms with Crippen LogP contribution in [-0.2, 0) is 0 Å². The first-order chi connectivity index (χ1) is 3.93. The second-order valence-corrected chi connectivity index (χ2v) is 2.33. The third kappa shape index (κ3) is 1.51. The maximum Gasteiger partial charge on any atom is 0.0115 e. The van der Waals surface area contributed by atoms with Gasteiger partial charge in [-0.2, -0.15) is 0 Å². The molecule has 0 atom stereocenters. The van der Waals surface area contributed by atoms with Crippen LogP contribution >= 0.6 is 0 Å². The standard InChI is InChI=1S/C6H15BN/c7-8-6-4-2-1-3-5-6/h6,8H,1-5H2,7H3/q-1. The van der Waals surface area contributed by atoms with E-state index in [-0.39, 0.29) is 0 Å². The molecule has 8 heavy (non-hydrogen) atoms. The van der Waals surface area contributed by atoms with Gasteiger partial charge in [0.05, 0.1) is 0 Å². The third-order valence-electron chi connectivity index (χ3n) is 1.61. The molecular weight excluding hydrogens is 96.9 g/mol. The molecule has 0 spiro atoms. The monoisotopic (exact) mass is 112 g/mol. The van der Waals surface area contributed by atoms with Crippen molar-refractivity contribution in [1.82, 2.24) is 5.23 Å². The van der Waals surface area contributed by atoms with E-state index in [1.807, 2.05) is 0 Å². The van der Waals surface area contributed by atoms with Crippen LogP contribution in [0.15, 0.2) is 0 Å². The van der Waals surface area contributed by atoms with E-state index in [4.69, 9.17) is 0 Å². The van der Waals surface area contributed by atoms with Crippen molar-refractivity contribution in [3.05, 3.63) is 0 Å². The molecule has 48 valence electrons. The van der Waals surface area contributed by atoms with Gasteiger partial charge in [0.2, 0.25) is 0 Å². The second kappa shape index (κ2) is 3.13. The molecular formula is C6H15BN-. The lowest BCUT2D eigenvalue weighted by Crippen LogP contribution is -2.28. The Balaban J connectivity index is 2.13. The maximum atomic E-state index is 3.55. The number of hydrogen-bond donors (Lipinski definition) is 1. The molecule has 0 aromatic rings. The Morgan fingerprint density at radius 1 is 1.12 bits per heavy atom. The van der Waals surface area contributed by atoms with E-state index in [0.29, 0.717) is 7.98 Å². The van der Waals surface area contributed by atoms with Gasteiger partial charge in [-0.05, 0) is 18.9 Å². The zero-order chi connectivity index (χ0) is 5.82. The topological polar surface area (TPSA) is 12.0 Å². The van der Waals surface area contributed by atoms with Gasteiger partial charge >= 0.3 is 0 Å². The summed E-state index contributed by atoms with van der Waals surface area (Å²) in [5, 5.41) is 3.55. The second-order valence-electron chi connectivity index (χ2n) is 2.33. The van der Waals surface area contributed by atoms with Crippen LogP contribution in [0, 0.1) is 0 Å². The van der Waals surface area contributed by atoms with Crippen molar-refractivity contribution in [2.24, 2.45) is 0 Å². The third-order valence-corrected chi connectivity index (χ3v) is 1.61. The molecule has 0 aromatic heterocycles. The summed E-state index contributed by atoms with van der Waals surface area (Å²) in [6, 6.07) is 0.948. The summed E-state index contributed by atoms with van der Waals surface area (Å²) in [5.74, 6) is 0. The van der Waals surface area contributed by atoms with Crippen molar-refractivity contribution in [1.29, 1.82) is 0 Å². The molecule has 0 amide bonds. The average molecular weight is 112 g/mol. The summed E-state index contributed by atoms with van der Waals surface area (Å²) in [7, 11) is 0.472. The first kappa shape index (κ1) is 6.15. The molecule has 0 saturated heterocycles. The highest BCUT2D eigenvalue weighted by molar-refractivity contribution is 6.04. The molecule has 2 heteroatoms. The normalized spacial score (nSPS) is 23.6. The first-order valence-electron chi connectivity index (χ1n) is 3.11. The van der Waals surface area contributed by atoms with E-state index in [2.05, 4.69) is 5.23 Å². The van der Waals surface area contributed by atoms with Gasteiger partial charge in [-0.25, -0.2) is 0 Å². The van der Waals surface area contributed by atoms with Gasteiger partial charge in [0, 0.05) is 7.98 Å². The number of nitrogens with one attached hydrogen (secondary N) is 1. The maximum absolute atomic E-state index is 3.55. The van der Waals surface area contributed by atoms with Gasteiger partial charge in [0.25, 0.3) is 0 Å². The summed E-state index contributed by atoms with van der Waals surface area (Å²) < 4.78 is 0. The molecule has 1 nitrogen and oxygen atoms in total. The molecule has 1 aliphatic rings. The summed E-state index contributed by atoms with van der Waals surface area (Å²) in [5.41, 5.74) is 0. The molecule has 0 aromatic carbocycles. The molecule has 0 radical (unpaired) electrons. The van der Waals surface area contributed by atoms with Gasteiger partial charge in [-0.15, -0.1) is 0 Å². The molecule has 0 aliphatic heterocycles. The minimum atomic E-state index is 0.472. The Morgan fingerprint density at radius 2 is 1.75 bits per heavy atom. The molecule has 0 bridgehead atoms. The van der Waals surface area contributed by atoms with E-state index in [1.54, 1.807) is 0 Å². The van der Waals surface area contributed by atoms with Gasteiger partial charge < -0.3 is 5.23 Å². The van der Waals surface area contributed by atoms with Crippen molar-refractivity contribution in [3.63, 3.8) is 0 Å². The predicted octanol–water partition coefficient (Wildman–Crippen LogP) is 0.189. The lowest BCUT2D eigenvalue weighted by atomic mass is 9.94. The van der Waals surface area contributed by atoms with Crippen molar-refractivity contribution >= 4 is 7.98 Å². The SMILES string of the molecule is [BH3-]NC1CCCCC1. The highest BCUT2D eigenvalue weighted by Crippen LogP contribution is 2.16. The Bertz CT molecular complexity index is 59.5. The average Bonchev–Trinajstić information content (AvgIpc) is 1.90. The van der Waals surface area contributed by atoms with Crippen LogP contribution in [0.25, 0.3) is 0 Å². The number of hydrogen-bond acceptors (Lipinski definition) is 1. The van der Waals surface area contributed by atoms with Crippen molar-refractivity contribution in [2.45, 2.75) is 38.1 Å². The van der Waals surface area contributed by atoms with Crippen LogP contribution in [0.4, 0.5) is 0 Å². The molecule has 0 heterocycles. The molecule has 1 rings (SSSR count). The van der Waals surface area contributed by atoms with Crippen LogP contribution in [0.1, 0.15) is 32.1 Å². The zero-order valence-corrected chi connectivity index (χ0v) is 4.61. The summed E-state index contributed by atoms with van der Waals surface area (Å²) in [6.45, 7) is 0. The smallest absolute Gasteiger partial charge is 0.0115 e. The van der Waals surface area contributed by atoms with E-state index in [9.17, 15) is 0 Å². The van der Waals surface area contributed by atoms with Crippen LogP contribution in [0.2, 0.25) is 0 Å². The highest BCUT2D eigenvalue weighted by atomic mass is 14.8. The fraction of sp³-hybridized carbons (Fsp3) is 1.00. The Morgan fingerprint density at radius 3 is 2.12 bits per heavy atom. The number of rotatable bonds is 1. The molecule has 1 saturated carbocycles. The molecule has 0 unspecified atom stereocenters. The van der Waals surface area contributed by atoms with Crippen molar-refractivity contribution < 1.29 is 0 Å². The predicted molar refractivity (Wildman–Crippen MR) is 39.9 cm³/mol. The van der Waals surface area contributed by atoms with Crippen LogP contribution < -0.4 is 5.23 Å². The minimum absolute atomic E-state index is 0.472. The van der Waals surface area contributed by atoms with Gasteiger partial charge in [0.1, 0.15) is 0 Å². The lowest BCUT2D eigenvalue weighted by Gasteiger charge is -2.23. The fourth-order valence-electron chi connectivity index (χ4n) is 1.10. The first-order valence-corrected chi connectivity index (χ1v) is 3.11. The lowest BCUT2D eigenvalue weighted by molar-refractivity contribution is 0.420. The van der Waals surface area contributed by atoms with Crippen molar-refractivity contribution in [3.8, 4) is 0 Å². The Hall–Kier alpha value is 0.0249. The van der Waals surface area contributed by atoms with Crippen LogP contribution in [0.5, 0.6) is 0 Å². The summed E-state index contributed by atoms with van der Waals surface area (Å²) >= 11 is 0. The van der Waals surface area contributed by atoms with Gasteiger partial charge in [-0.3, -0.25) is 0 Å². The van der Waals surface area contributed by atoms with E-state index >= 15 is 0 Å². The zero-order valence-electron chi connectivity index (χ0n) is 4.61. The molecule has 1 aliphatic carbocycles. The van der Waals surface area contributed by atoms with E-state index in [0.717, 1.165) is 6.04 Å². The quantitative estimate of drug-likeness (QED) is 0.477. The van der Waals surface area contributed by atoms with E-state index in [1.165, 1.54) is 32.1 Å². The summed E-state index contributed by atoms with van der Waals surface area (Å²) in [4.78, 5) is 0. The van der Waals surface area contributed by atoms with Gasteiger partial charge in [0.15, 0.2) is 0 Å². The van der Waals surface area contributed by atoms with E-state index < -0.39 is 0 Å². The Kier molecular flexibility index (Phi) is 2.41. The van der Waals surface area contributed by atoms with Crippen molar-refractivity contribution in [2.75, 3.05) is 0 Å².